The molecule has 0 aliphatic heterocycles. The van der Waals surface area contributed by atoms with Crippen LogP contribution in [-0.4, -0.2) is 21.9 Å². The van der Waals surface area contributed by atoms with Gasteiger partial charge >= 0.3 is 0 Å². The van der Waals surface area contributed by atoms with Crippen LogP contribution in [0.2, 0.25) is 0 Å². The van der Waals surface area contributed by atoms with Crippen LogP contribution in [0.5, 0.6) is 0 Å². The zero-order valence-electron chi connectivity index (χ0n) is 12.9. The van der Waals surface area contributed by atoms with Gasteiger partial charge < -0.3 is 0 Å². The molecule has 0 unspecified atom stereocenters. The van der Waals surface area contributed by atoms with Gasteiger partial charge in [-0.2, -0.15) is 0 Å². The Morgan fingerprint density at radius 2 is 1.92 bits per heavy atom. The molecule has 0 aliphatic rings. The van der Waals surface area contributed by atoms with Crippen LogP contribution in [0.25, 0.3) is 0 Å². The van der Waals surface area contributed by atoms with Gasteiger partial charge in [0.15, 0.2) is 0 Å². The number of aromatic nitrogens is 2. The minimum Gasteiger partial charge on any atom is -0.300 e. The van der Waals surface area contributed by atoms with Crippen molar-refractivity contribution in [2.45, 2.75) is 11.3 Å². The summed E-state index contributed by atoms with van der Waals surface area (Å²) in [5.41, 5.74) is 1.11. The van der Waals surface area contributed by atoms with E-state index in [2.05, 4.69) is 15.5 Å². The molecule has 1 aromatic heterocycles. The molecule has 1 heterocycles. The van der Waals surface area contributed by atoms with Crippen LogP contribution in [0.15, 0.2) is 53.4 Å². The van der Waals surface area contributed by atoms with Gasteiger partial charge in [-0.3, -0.25) is 10.1 Å². The van der Waals surface area contributed by atoms with E-state index in [4.69, 9.17) is 0 Å². The molecule has 128 valence electrons. The van der Waals surface area contributed by atoms with E-state index in [0.29, 0.717) is 11.6 Å². The molecule has 4 nitrogen and oxygen atoms in total. The Morgan fingerprint density at radius 3 is 2.68 bits per heavy atom. The Morgan fingerprint density at radius 1 is 1.12 bits per heavy atom. The number of hydrogen-bond acceptors (Lipinski definition) is 5. The molecule has 0 atom stereocenters. The summed E-state index contributed by atoms with van der Waals surface area (Å²) in [6.45, 7) is 0. The molecule has 0 saturated carbocycles. The first-order chi connectivity index (χ1) is 12.1. The average Bonchev–Trinajstić information content (AvgIpc) is 3.02. The first kappa shape index (κ1) is 17.5. The molecule has 0 bridgehead atoms. The highest BCUT2D eigenvalue weighted by molar-refractivity contribution is 8.00. The summed E-state index contributed by atoms with van der Waals surface area (Å²) in [6, 6.07) is 13.1. The van der Waals surface area contributed by atoms with Crippen LogP contribution in [-0.2, 0) is 11.2 Å². The fraction of sp³-hybridized carbons (Fsp3) is 0.118. The lowest BCUT2D eigenvalue weighted by atomic mass is 10.2. The van der Waals surface area contributed by atoms with Crippen molar-refractivity contribution < 1.29 is 13.6 Å². The Hall–Kier alpha value is -2.32. The molecule has 3 rings (SSSR count). The van der Waals surface area contributed by atoms with Gasteiger partial charge in [0.25, 0.3) is 0 Å². The third kappa shape index (κ3) is 5.07. The molecule has 0 saturated heterocycles. The number of hydrogen-bond donors (Lipinski definition) is 1. The smallest absolute Gasteiger partial charge is 0.236 e. The normalized spacial score (nSPS) is 10.6. The summed E-state index contributed by atoms with van der Waals surface area (Å²) in [5.74, 6) is -1.66. The van der Waals surface area contributed by atoms with Crippen molar-refractivity contribution in [1.29, 1.82) is 0 Å². The quantitative estimate of drug-likeness (QED) is 0.656. The first-order valence-electron chi connectivity index (χ1n) is 7.34. The molecule has 0 radical (unpaired) electrons. The molecule has 0 fully saturated rings. The Kier molecular flexibility index (Phi) is 5.72. The van der Waals surface area contributed by atoms with Gasteiger partial charge in [0.05, 0.1) is 5.75 Å². The SMILES string of the molecule is O=C(CSc1ccc(F)cc1F)Nc1nnc(Cc2ccccc2)s1. The second-order valence-corrected chi connectivity index (χ2v) is 7.15. The highest BCUT2D eigenvalue weighted by Crippen LogP contribution is 2.23. The number of thioether (sulfide) groups is 1. The lowest BCUT2D eigenvalue weighted by Gasteiger charge is -2.03. The maximum Gasteiger partial charge on any atom is 0.236 e. The van der Waals surface area contributed by atoms with Gasteiger partial charge in [-0.05, 0) is 17.7 Å². The largest absolute Gasteiger partial charge is 0.300 e. The number of carbonyl (C=O) groups excluding carboxylic acids is 1. The molecule has 1 N–H and O–H groups in total. The third-order valence-electron chi connectivity index (χ3n) is 3.16. The maximum absolute atomic E-state index is 13.5. The van der Waals surface area contributed by atoms with Crippen molar-refractivity contribution in [2.24, 2.45) is 0 Å². The number of rotatable bonds is 6. The lowest BCUT2D eigenvalue weighted by molar-refractivity contribution is -0.113. The van der Waals surface area contributed by atoms with Crippen LogP contribution in [0.1, 0.15) is 10.6 Å². The second kappa shape index (κ2) is 8.17. The van der Waals surface area contributed by atoms with E-state index in [0.717, 1.165) is 34.5 Å². The predicted molar refractivity (Wildman–Crippen MR) is 94.9 cm³/mol. The van der Waals surface area contributed by atoms with Gasteiger partial charge in [0, 0.05) is 17.4 Å². The summed E-state index contributed by atoms with van der Waals surface area (Å²) in [7, 11) is 0. The van der Waals surface area contributed by atoms with Crippen molar-refractivity contribution >= 4 is 34.1 Å². The molecule has 0 aliphatic carbocycles. The molecular formula is C17H13F2N3OS2. The molecule has 1 amide bonds. The summed E-state index contributed by atoms with van der Waals surface area (Å²) < 4.78 is 26.4. The Bertz CT molecular complexity index is 871. The summed E-state index contributed by atoms with van der Waals surface area (Å²) in [6.07, 6.45) is 0.643. The zero-order chi connectivity index (χ0) is 17.6. The number of amides is 1. The monoisotopic (exact) mass is 377 g/mol. The van der Waals surface area contributed by atoms with Gasteiger partial charge in [0.1, 0.15) is 16.6 Å². The number of halogens is 2. The molecule has 25 heavy (non-hydrogen) atoms. The standard InChI is InChI=1S/C17H13F2N3OS2/c18-12-6-7-14(13(19)9-12)24-10-15(23)20-17-22-21-16(25-17)8-11-4-2-1-3-5-11/h1-7,9H,8,10H2,(H,20,22,23). The van der Waals surface area contributed by atoms with Crippen molar-refractivity contribution in [3.63, 3.8) is 0 Å². The fourth-order valence-corrected chi connectivity index (χ4v) is 3.55. The minimum atomic E-state index is -0.682. The van der Waals surface area contributed by atoms with Crippen molar-refractivity contribution in [1.82, 2.24) is 10.2 Å². The van der Waals surface area contributed by atoms with Gasteiger partial charge in [0.2, 0.25) is 11.0 Å². The van der Waals surface area contributed by atoms with Crippen LogP contribution in [0, 0.1) is 11.6 Å². The van der Waals surface area contributed by atoms with Crippen molar-refractivity contribution in [3.8, 4) is 0 Å². The zero-order valence-corrected chi connectivity index (χ0v) is 14.5. The molecule has 3 aromatic rings. The highest BCUT2D eigenvalue weighted by atomic mass is 32.2. The van der Waals surface area contributed by atoms with E-state index in [1.165, 1.54) is 17.4 Å². The number of carbonyl (C=O) groups is 1. The fourth-order valence-electron chi connectivity index (χ4n) is 2.04. The lowest BCUT2D eigenvalue weighted by Crippen LogP contribution is -2.13. The number of anilines is 1. The van der Waals surface area contributed by atoms with Crippen molar-refractivity contribution in [3.05, 3.63) is 70.7 Å². The number of nitrogens with one attached hydrogen (secondary N) is 1. The first-order valence-corrected chi connectivity index (χ1v) is 9.14. The molecule has 8 heteroatoms. The second-order valence-electron chi connectivity index (χ2n) is 5.07. The van der Waals surface area contributed by atoms with E-state index >= 15 is 0 Å². The summed E-state index contributed by atoms with van der Waals surface area (Å²) in [5, 5.41) is 11.8. The predicted octanol–water partition coefficient (Wildman–Crippen LogP) is 4.14. The maximum atomic E-state index is 13.5. The Labute approximate surface area is 151 Å². The molecule has 0 spiro atoms. The molecular weight excluding hydrogens is 364 g/mol. The van der Waals surface area contributed by atoms with E-state index < -0.39 is 11.6 Å². The number of benzene rings is 2. The van der Waals surface area contributed by atoms with Crippen molar-refractivity contribution in [2.75, 3.05) is 11.1 Å². The Balaban J connectivity index is 1.53. The minimum absolute atomic E-state index is 0.00382. The van der Waals surface area contributed by atoms with Crippen LogP contribution in [0.3, 0.4) is 0 Å². The molecule has 2 aromatic carbocycles. The van der Waals surface area contributed by atoms with Gasteiger partial charge in [-0.15, -0.1) is 22.0 Å². The van der Waals surface area contributed by atoms with Gasteiger partial charge in [-0.1, -0.05) is 41.7 Å². The average molecular weight is 377 g/mol. The topological polar surface area (TPSA) is 54.9 Å². The van der Waals surface area contributed by atoms with E-state index in [9.17, 15) is 13.6 Å². The van der Waals surface area contributed by atoms with Crippen LogP contribution < -0.4 is 5.32 Å². The summed E-state index contributed by atoms with van der Waals surface area (Å²) in [4.78, 5) is 12.2. The van der Waals surface area contributed by atoms with Gasteiger partial charge in [-0.25, -0.2) is 8.78 Å². The van der Waals surface area contributed by atoms with E-state index in [1.54, 1.807) is 0 Å². The van der Waals surface area contributed by atoms with E-state index in [-0.39, 0.29) is 16.6 Å². The van der Waals surface area contributed by atoms with Crippen LogP contribution >= 0.6 is 23.1 Å². The van der Waals surface area contributed by atoms with E-state index in [1.807, 2.05) is 30.3 Å². The summed E-state index contributed by atoms with van der Waals surface area (Å²) >= 11 is 2.29. The number of nitrogens with zero attached hydrogens (tertiary/aromatic N) is 2. The van der Waals surface area contributed by atoms with Crippen LogP contribution in [0.4, 0.5) is 13.9 Å². The third-order valence-corrected chi connectivity index (χ3v) is 5.05. The highest BCUT2D eigenvalue weighted by Gasteiger charge is 2.11.